The average Bonchev–Trinajstić information content (AvgIpc) is 3.48. The number of fused-ring (bicyclic) bond motifs is 5. The van der Waals surface area contributed by atoms with Crippen molar-refractivity contribution in [3.8, 4) is 5.75 Å². The van der Waals surface area contributed by atoms with E-state index in [-0.39, 0.29) is 5.92 Å². The summed E-state index contributed by atoms with van der Waals surface area (Å²) in [4.78, 5) is 63.3. The van der Waals surface area contributed by atoms with E-state index in [0.29, 0.717) is 94.7 Å². The van der Waals surface area contributed by atoms with Gasteiger partial charge in [0.2, 0.25) is 12.1 Å². The van der Waals surface area contributed by atoms with Gasteiger partial charge < -0.3 is 28.8 Å². The zero-order valence-corrected chi connectivity index (χ0v) is 38.6. The lowest BCUT2D eigenvalue weighted by atomic mass is 9.48. The minimum atomic E-state index is -1.88. The highest BCUT2D eigenvalue weighted by atomic mass is 127. The van der Waals surface area contributed by atoms with Gasteiger partial charge in [0.15, 0.2) is 13.4 Å². The quantitative estimate of drug-likeness (QED) is 0.0780. The Bertz CT molecular complexity index is 2410. The number of piperidine rings is 1. The van der Waals surface area contributed by atoms with Crippen molar-refractivity contribution < 1.29 is 48.0 Å². The second kappa shape index (κ2) is 14.1. The number of amides is 1. The average molecular weight is 959 g/mol. The van der Waals surface area contributed by atoms with E-state index in [9.17, 15) is 19.5 Å². The maximum atomic E-state index is 15.5. The van der Waals surface area contributed by atoms with Crippen LogP contribution in [0.3, 0.4) is 0 Å². The molecule has 2 spiro atoms. The lowest BCUT2D eigenvalue weighted by molar-refractivity contribution is -0.178. The standard InChI is InChI=1S/C47H54BIN3O10/c1-8-42(57)21-28-22-44(40(55)59-6,37-29(11-15-50(23-28)24-42)30-17-26(3)34(49)19-33(30)48-37)32-18-31-35(20-36(32)58-5)52(25-53)47-45(31)13-16-51-14-10-12-43(9-2,38(45)51)39(61-27(4)54)46(47,62-47)41(56)60-7/h10,12,17-20,25,28,38-39,57H,8-9,11,13-16,21-24H2,1-7H3/t28-,38+,39-,42+,43-,44+,45-,46+,47+/m1/s1. The number of hydrogen-bond acceptors (Lipinski definition) is 12. The summed E-state index contributed by atoms with van der Waals surface area (Å²) in [5.41, 5.74) is -0.975. The predicted molar refractivity (Wildman–Crippen MR) is 238 cm³/mol. The van der Waals surface area contributed by atoms with Crippen LogP contribution in [0.4, 0.5) is 5.69 Å². The van der Waals surface area contributed by atoms with E-state index >= 15 is 4.79 Å². The van der Waals surface area contributed by atoms with Crippen molar-refractivity contribution in [2.45, 2.75) is 106 Å². The summed E-state index contributed by atoms with van der Waals surface area (Å²) in [7, 11) is 6.44. The summed E-state index contributed by atoms with van der Waals surface area (Å²) in [6.45, 7) is 10.6. The number of benzene rings is 2. The van der Waals surface area contributed by atoms with E-state index in [1.165, 1.54) is 26.0 Å². The molecule has 4 fully saturated rings. The fourth-order valence-electron chi connectivity index (χ4n) is 14.1. The topological polar surface area (TPSA) is 148 Å². The van der Waals surface area contributed by atoms with Crippen LogP contribution < -0.4 is 15.1 Å². The Morgan fingerprint density at radius 3 is 2.48 bits per heavy atom. The van der Waals surface area contributed by atoms with Crippen LogP contribution in [0.15, 0.2) is 41.9 Å². The van der Waals surface area contributed by atoms with E-state index in [0.717, 1.165) is 36.8 Å². The normalized spacial score (nSPS) is 38.1. The number of carbonyl (C=O) groups excluding carboxylic acids is 4. The summed E-state index contributed by atoms with van der Waals surface area (Å²) < 4.78 is 32.3. The number of aliphatic hydroxyl groups is 1. The van der Waals surface area contributed by atoms with Gasteiger partial charge in [0, 0.05) is 59.8 Å². The highest BCUT2D eigenvalue weighted by Crippen LogP contribution is 2.80. The molecule has 0 aromatic heterocycles. The van der Waals surface area contributed by atoms with Gasteiger partial charge in [-0.15, -0.1) is 0 Å². The number of rotatable bonds is 8. The second-order valence-corrected chi connectivity index (χ2v) is 20.1. The number of carbonyl (C=O) groups is 4. The van der Waals surface area contributed by atoms with Crippen LogP contribution in [0, 0.1) is 21.8 Å². The number of anilines is 1. The Hall–Kier alpha value is -3.77. The molecule has 2 aromatic carbocycles. The Labute approximate surface area is 376 Å². The van der Waals surface area contributed by atoms with Crippen LogP contribution in [0.1, 0.15) is 81.5 Å². The molecule has 3 saturated heterocycles. The Morgan fingerprint density at radius 2 is 1.81 bits per heavy atom. The molecule has 2 bridgehead atoms. The van der Waals surface area contributed by atoms with Crippen molar-refractivity contribution >= 4 is 70.9 Å². The van der Waals surface area contributed by atoms with Gasteiger partial charge in [-0.2, -0.15) is 0 Å². The van der Waals surface area contributed by atoms with Gasteiger partial charge >= 0.3 is 17.9 Å². The molecule has 1 amide bonds. The van der Waals surface area contributed by atoms with Crippen LogP contribution in [-0.2, 0) is 49.0 Å². The first-order valence-corrected chi connectivity index (χ1v) is 23.0. The van der Waals surface area contributed by atoms with E-state index in [1.54, 1.807) is 7.11 Å². The minimum absolute atomic E-state index is 0.122. The van der Waals surface area contributed by atoms with E-state index in [2.05, 4.69) is 76.9 Å². The van der Waals surface area contributed by atoms with Gasteiger partial charge in [0.1, 0.15) is 11.2 Å². The van der Waals surface area contributed by atoms with Gasteiger partial charge in [-0.05, 0) is 109 Å². The third-order valence-electron chi connectivity index (χ3n) is 16.4. The van der Waals surface area contributed by atoms with E-state index < -0.39 is 63.2 Å². The fraction of sp³-hybridized carbons (Fsp3) is 0.574. The van der Waals surface area contributed by atoms with Crippen molar-refractivity contribution in [1.82, 2.24) is 9.80 Å². The van der Waals surface area contributed by atoms with Crippen LogP contribution in [0.5, 0.6) is 5.75 Å². The second-order valence-electron chi connectivity index (χ2n) is 19.0. The first-order valence-electron chi connectivity index (χ1n) is 21.9. The minimum Gasteiger partial charge on any atom is -0.496 e. The number of esters is 3. The molecule has 10 rings (SSSR count). The summed E-state index contributed by atoms with van der Waals surface area (Å²) in [6, 6.07) is 7.87. The number of ether oxygens (including phenoxy) is 5. The van der Waals surface area contributed by atoms with Crippen molar-refractivity contribution in [2.24, 2.45) is 11.3 Å². The number of hydrogen-bond donors (Lipinski definition) is 1. The Morgan fingerprint density at radius 1 is 1.03 bits per heavy atom. The molecule has 1 saturated carbocycles. The zero-order valence-electron chi connectivity index (χ0n) is 36.5. The molecule has 8 aliphatic rings. The largest absolute Gasteiger partial charge is 0.496 e. The maximum absolute atomic E-state index is 15.5. The zero-order chi connectivity index (χ0) is 43.9. The molecule has 1 unspecified atom stereocenters. The van der Waals surface area contributed by atoms with Crippen LogP contribution >= 0.6 is 22.6 Å². The SMILES string of the molecule is CC[C@]1(O)C[C@H]2CN(CCC3=C([B]c4cc(I)c(C)cc43)[C@@](C(=O)OC)(c3cc4c(cc3OC)N(C=O)[C@@]35O[C@]3(C(=O)OC)[C@H](OC(C)=O)[C@]3(CC)C=CCN6CC[C@]45[C@@H]63)C2)C1. The number of methoxy groups -OCH3 is 3. The number of aryl methyl sites for hydroxylation is 1. The van der Waals surface area contributed by atoms with Gasteiger partial charge in [-0.1, -0.05) is 49.1 Å². The fourth-order valence-corrected chi connectivity index (χ4v) is 14.6. The molecular weight excluding hydrogens is 904 g/mol. The highest BCUT2D eigenvalue weighted by Gasteiger charge is 2.99. The van der Waals surface area contributed by atoms with Crippen LogP contribution in [0.25, 0.3) is 5.57 Å². The third-order valence-corrected chi connectivity index (χ3v) is 17.6. The summed E-state index contributed by atoms with van der Waals surface area (Å²) in [5.74, 6) is -1.51. The van der Waals surface area contributed by atoms with Crippen molar-refractivity contribution in [2.75, 3.05) is 59.0 Å². The highest BCUT2D eigenvalue weighted by molar-refractivity contribution is 14.1. The van der Waals surface area contributed by atoms with Crippen molar-refractivity contribution in [3.05, 3.63) is 67.7 Å². The number of nitrogens with zero attached hydrogens (tertiary/aromatic N) is 3. The van der Waals surface area contributed by atoms with Crippen LogP contribution in [-0.4, -0.2) is 130 Å². The molecule has 1 aliphatic carbocycles. The molecule has 1 radical (unpaired) electrons. The van der Waals surface area contributed by atoms with Crippen LogP contribution in [0.2, 0.25) is 0 Å². The Kier molecular flexibility index (Phi) is 9.61. The summed E-state index contributed by atoms with van der Waals surface area (Å²) >= 11 is 2.37. The summed E-state index contributed by atoms with van der Waals surface area (Å²) in [6.07, 6.45) is 6.72. The molecule has 13 nitrogen and oxygen atoms in total. The molecule has 10 atom stereocenters. The van der Waals surface area contributed by atoms with Gasteiger partial charge in [-0.3, -0.25) is 29.1 Å². The van der Waals surface area contributed by atoms with Crippen molar-refractivity contribution in [3.63, 3.8) is 0 Å². The summed E-state index contributed by atoms with van der Waals surface area (Å²) in [5, 5.41) is 12.1. The molecule has 7 aliphatic heterocycles. The molecule has 15 heteroatoms. The lowest BCUT2D eigenvalue weighted by Crippen LogP contribution is -2.75. The number of halogens is 1. The van der Waals surface area contributed by atoms with E-state index in [4.69, 9.17) is 23.7 Å². The monoisotopic (exact) mass is 958 g/mol. The van der Waals surface area contributed by atoms with Crippen molar-refractivity contribution in [1.29, 1.82) is 0 Å². The molecule has 62 heavy (non-hydrogen) atoms. The first-order chi connectivity index (χ1) is 29.6. The van der Waals surface area contributed by atoms with Gasteiger partial charge in [0.25, 0.3) is 5.60 Å². The molecule has 7 heterocycles. The molecule has 2 aromatic rings. The first kappa shape index (κ1) is 42.2. The molecule has 327 valence electrons. The van der Waals surface area contributed by atoms with Gasteiger partial charge in [0.05, 0.1) is 38.0 Å². The van der Waals surface area contributed by atoms with Gasteiger partial charge in [-0.25, -0.2) is 4.79 Å². The maximum Gasteiger partial charge on any atom is 0.347 e. The molecule has 1 N–H and O–H groups in total. The van der Waals surface area contributed by atoms with E-state index in [1.807, 2.05) is 19.9 Å². The lowest BCUT2D eigenvalue weighted by Gasteiger charge is -2.58. The predicted octanol–water partition coefficient (Wildman–Crippen LogP) is 3.87. The molecular formula is C47H54BIN3O10. The smallest absolute Gasteiger partial charge is 0.347 e. The number of epoxide rings is 1. The third kappa shape index (κ3) is 5.00. The Balaban J connectivity index is 1.29.